The van der Waals surface area contributed by atoms with Gasteiger partial charge in [-0.1, -0.05) is 12.1 Å². The van der Waals surface area contributed by atoms with Crippen LogP contribution in [0.4, 0.5) is 5.69 Å². The molecule has 0 unspecified atom stereocenters. The smallest absolute Gasteiger partial charge is 0.240 e. The number of anilines is 1. The molecule has 3 N–H and O–H groups in total. The number of methoxy groups -OCH3 is 1. The van der Waals surface area contributed by atoms with Gasteiger partial charge in [-0.05, 0) is 68.2 Å². The first-order valence-corrected chi connectivity index (χ1v) is 9.54. The summed E-state index contributed by atoms with van der Waals surface area (Å²) in [6, 6.07) is 13.7. The molecule has 0 spiro atoms. The van der Waals surface area contributed by atoms with Crippen molar-refractivity contribution in [1.82, 2.24) is 10.1 Å². The lowest BCUT2D eigenvalue weighted by Gasteiger charge is -2.09. The van der Waals surface area contributed by atoms with Crippen LogP contribution in [0.15, 0.2) is 58.5 Å². The number of hydrogen-bond donors (Lipinski definition) is 3. The summed E-state index contributed by atoms with van der Waals surface area (Å²) < 4.78 is 30.8. The fraction of sp³-hybridized carbons (Fsp3) is 0.176. The van der Waals surface area contributed by atoms with Crippen LogP contribution in [0.2, 0.25) is 0 Å². The Hall–Kier alpha value is -2.49. The number of rotatable bonds is 6. The molecule has 7 nitrogen and oxygen atoms in total. The van der Waals surface area contributed by atoms with Crippen molar-refractivity contribution >= 4 is 38.8 Å². The van der Waals surface area contributed by atoms with Gasteiger partial charge in [-0.15, -0.1) is 0 Å². The SMILES string of the molecule is CNS(=O)(=O)c1ccc(/C(C)=N\NC(=S)Nc2ccc(OC)cc2)cc1. The van der Waals surface area contributed by atoms with Crippen LogP contribution in [0, 0.1) is 0 Å². The molecular weight excluding hydrogens is 372 g/mol. The Morgan fingerprint density at radius 3 is 2.23 bits per heavy atom. The third kappa shape index (κ3) is 5.25. The minimum absolute atomic E-state index is 0.196. The fourth-order valence-electron chi connectivity index (χ4n) is 2.03. The van der Waals surface area contributed by atoms with Crippen LogP contribution in [-0.2, 0) is 10.0 Å². The lowest BCUT2D eigenvalue weighted by Crippen LogP contribution is -2.25. The van der Waals surface area contributed by atoms with Crippen LogP contribution in [0.3, 0.4) is 0 Å². The summed E-state index contributed by atoms with van der Waals surface area (Å²) in [5.41, 5.74) is 5.01. The molecule has 0 aliphatic rings. The predicted molar refractivity (Wildman–Crippen MR) is 107 cm³/mol. The molecular formula is C17H20N4O3S2. The number of benzene rings is 2. The molecule has 0 saturated heterocycles. The molecule has 0 aromatic heterocycles. The van der Waals surface area contributed by atoms with Crippen molar-refractivity contribution in [2.24, 2.45) is 5.10 Å². The summed E-state index contributed by atoms with van der Waals surface area (Å²) in [5, 5.41) is 7.55. The summed E-state index contributed by atoms with van der Waals surface area (Å²) in [6.07, 6.45) is 0. The van der Waals surface area contributed by atoms with Crippen LogP contribution in [0.25, 0.3) is 0 Å². The summed E-state index contributed by atoms with van der Waals surface area (Å²) in [5.74, 6) is 0.757. The fourth-order valence-corrected chi connectivity index (χ4v) is 2.92. The van der Waals surface area contributed by atoms with Crippen molar-refractivity contribution in [2.45, 2.75) is 11.8 Å². The van der Waals surface area contributed by atoms with E-state index >= 15 is 0 Å². The van der Waals surface area contributed by atoms with Gasteiger partial charge in [-0.25, -0.2) is 13.1 Å². The van der Waals surface area contributed by atoms with Gasteiger partial charge in [0.15, 0.2) is 5.11 Å². The lowest BCUT2D eigenvalue weighted by molar-refractivity contribution is 0.415. The van der Waals surface area contributed by atoms with Gasteiger partial charge >= 0.3 is 0 Å². The second kappa shape index (κ2) is 8.75. The number of nitrogens with zero attached hydrogens (tertiary/aromatic N) is 1. The molecule has 26 heavy (non-hydrogen) atoms. The Kier molecular flexibility index (Phi) is 6.67. The molecule has 0 bridgehead atoms. The largest absolute Gasteiger partial charge is 0.497 e. The zero-order valence-corrected chi connectivity index (χ0v) is 16.2. The summed E-state index contributed by atoms with van der Waals surface area (Å²) in [6.45, 7) is 1.80. The second-order valence-corrected chi connectivity index (χ2v) is 7.52. The Morgan fingerprint density at radius 2 is 1.69 bits per heavy atom. The molecule has 0 radical (unpaired) electrons. The van der Waals surface area contributed by atoms with Crippen LogP contribution < -0.4 is 20.2 Å². The van der Waals surface area contributed by atoms with Crippen molar-refractivity contribution < 1.29 is 13.2 Å². The van der Waals surface area contributed by atoms with Gasteiger partial charge in [-0.2, -0.15) is 5.10 Å². The second-order valence-electron chi connectivity index (χ2n) is 5.22. The average molecular weight is 393 g/mol. The van der Waals surface area contributed by atoms with Gasteiger partial charge in [-0.3, -0.25) is 5.43 Å². The van der Waals surface area contributed by atoms with E-state index in [1.807, 2.05) is 24.3 Å². The molecule has 0 aliphatic carbocycles. The van der Waals surface area contributed by atoms with E-state index in [1.165, 1.54) is 19.2 Å². The molecule has 9 heteroatoms. The highest BCUT2D eigenvalue weighted by Gasteiger charge is 2.10. The molecule has 0 heterocycles. The highest BCUT2D eigenvalue weighted by molar-refractivity contribution is 7.89. The van der Waals surface area contributed by atoms with Crippen molar-refractivity contribution in [1.29, 1.82) is 0 Å². The molecule has 0 aliphatic heterocycles. The maximum Gasteiger partial charge on any atom is 0.240 e. The topological polar surface area (TPSA) is 91.8 Å². The van der Waals surface area contributed by atoms with Gasteiger partial charge in [0.2, 0.25) is 10.0 Å². The molecule has 0 fully saturated rings. The minimum Gasteiger partial charge on any atom is -0.497 e. The zero-order chi connectivity index (χ0) is 19.2. The van der Waals surface area contributed by atoms with E-state index < -0.39 is 10.0 Å². The van der Waals surface area contributed by atoms with Crippen LogP contribution >= 0.6 is 12.2 Å². The highest BCUT2D eigenvalue weighted by Crippen LogP contribution is 2.15. The highest BCUT2D eigenvalue weighted by atomic mass is 32.2. The summed E-state index contributed by atoms with van der Waals surface area (Å²) >= 11 is 5.20. The standard InChI is InChI=1S/C17H20N4O3S2/c1-12(13-4-10-16(11-5-13)26(22,23)18-2)20-21-17(25)19-14-6-8-15(24-3)9-7-14/h4-11,18H,1-3H3,(H2,19,21,25)/b20-12-. The monoisotopic (exact) mass is 392 g/mol. The third-order valence-corrected chi connectivity index (χ3v) is 5.15. The van der Waals surface area contributed by atoms with Crippen molar-refractivity contribution in [3.8, 4) is 5.75 Å². The van der Waals surface area contributed by atoms with E-state index in [4.69, 9.17) is 17.0 Å². The first-order valence-electron chi connectivity index (χ1n) is 7.65. The first kappa shape index (κ1) is 19.8. The lowest BCUT2D eigenvalue weighted by atomic mass is 10.1. The minimum atomic E-state index is -3.45. The van der Waals surface area contributed by atoms with Crippen molar-refractivity contribution in [2.75, 3.05) is 19.5 Å². The molecule has 0 saturated carbocycles. The quantitative estimate of drug-likeness (QED) is 0.397. The number of sulfonamides is 1. The number of hydrazone groups is 1. The first-order chi connectivity index (χ1) is 12.4. The van der Waals surface area contributed by atoms with E-state index in [9.17, 15) is 8.42 Å². The maximum absolute atomic E-state index is 11.7. The Balaban J connectivity index is 1.99. The Morgan fingerprint density at radius 1 is 1.08 bits per heavy atom. The van der Waals surface area contributed by atoms with Gasteiger partial charge in [0.05, 0.1) is 17.7 Å². The van der Waals surface area contributed by atoms with Crippen LogP contribution in [0.5, 0.6) is 5.75 Å². The van der Waals surface area contributed by atoms with E-state index in [0.717, 1.165) is 17.0 Å². The summed E-state index contributed by atoms with van der Waals surface area (Å²) in [4.78, 5) is 0.196. The van der Waals surface area contributed by atoms with E-state index in [1.54, 1.807) is 26.2 Å². The van der Waals surface area contributed by atoms with Gasteiger partial charge in [0.25, 0.3) is 0 Å². The van der Waals surface area contributed by atoms with Gasteiger partial charge in [0, 0.05) is 5.69 Å². The average Bonchev–Trinajstić information content (AvgIpc) is 2.66. The van der Waals surface area contributed by atoms with Crippen molar-refractivity contribution in [3.63, 3.8) is 0 Å². The number of ether oxygens (including phenoxy) is 1. The van der Waals surface area contributed by atoms with Crippen LogP contribution in [-0.4, -0.2) is 33.4 Å². The third-order valence-electron chi connectivity index (χ3n) is 3.52. The molecule has 0 amide bonds. The Labute approximate surface area is 158 Å². The maximum atomic E-state index is 11.7. The predicted octanol–water partition coefficient (Wildman–Crippen LogP) is 2.31. The van der Waals surface area contributed by atoms with E-state index in [-0.39, 0.29) is 4.90 Å². The Bertz CT molecular complexity index is 893. The number of nitrogens with one attached hydrogen (secondary N) is 3. The van der Waals surface area contributed by atoms with E-state index in [2.05, 4.69) is 20.6 Å². The summed E-state index contributed by atoms with van der Waals surface area (Å²) in [7, 11) is -0.476. The molecule has 0 atom stereocenters. The van der Waals surface area contributed by atoms with Gasteiger partial charge < -0.3 is 10.1 Å². The van der Waals surface area contributed by atoms with Gasteiger partial charge in [0.1, 0.15) is 5.75 Å². The van der Waals surface area contributed by atoms with Crippen molar-refractivity contribution in [3.05, 3.63) is 54.1 Å². The number of thiocarbonyl (C=S) groups is 1. The molecule has 2 aromatic rings. The molecule has 2 aromatic carbocycles. The number of hydrogen-bond acceptors (Lipinski definition) is 5. The van der Waals surface area contributed by atoms with E-state index in [0.29, 0.717) is 10.8 Å². The zero-order valence-electron chi connectivity index (χ0n) is 14.6. The van der Waals surface area contributed by atoms with Crippen LogP contribution in [0.1, 0.15) is 12.5 Å². The normalized spacial score (nSPS) is 11.7. The molecule has 2 rings (SSSR count). The molecule has 138 valence electrons.